The SMILES string of the molecule is O=C1CCCN1C[C@@H]1CO[C@H]2CN(Cc3cccc(Cl)c3)C[C@@H]12. The number of hydrogen-bond donors (Lipinski definition) is 0. The Hall–Kier alpha value is -1.10. The second kappa shape index (κ2) is 6.42. The average molecular weight is 335 g/mol. The van der Waals surface area contributed by atoms with Gasteiger partial charge in [-0.3, -0.25) is 9.69 Å². The topological polar surface area (TPSA) is 32.8 Å². The Morgan fingerprint density at radius 1 is 1.30 bits per heavy atom. The zero-order valence-electron chi connectivity index (χ0n) is 13.3. The molecule has 3 aliphatic rings. The normalized spacial score (nSPS) is 31.1. The number of ether oxygens (including phenoxy) is 1. The van der Waals surface area contributed by atoms with E-state index in [0.29, 0.717) is 23.8 Å². The zero-order chi connectivity index (χ0) is 15.8. The fourth-order valence-electron chi connectivity index (χ4n) is 4.27. The fourth-order valence-corrected chi connectivity index (χ4v) is 4.48. The van der Waals surface area contributed by atoms with E-state index >= 15 is 0 Å². The Morgan fingerprint density at radius 2 is 2.22 bits per heavy atom. The second-order valence-corrected chi connectivity index (χ2v) is 7.50. The lowest BCUT2D eigenvalue weighted by Crippen LogP contribution is -2.35. The minimum absolute atomic E-state index is 0.322. The Morgan fingerprint density at radius 3 is 3.00 bits per heavy atom. The van der Waals surface area contributed by atoms with Crippen LogP contribution in [-0.2, 0) is 16.1 Å². The Balaban J connectivity index is 1.36. The molecule has 3 heterocycles. The number of nitrogens with zero attached hydrogens (tertiary/aromatic N) is 2. The number of rotatable bonds is 4. The molecule has 23 heavy (non-hydrogen) atoms. The maximum atomic E-state index is 11.9. The van der Waals surface area contributed by atoms with Crippen LogP contribution in [0, 0.1) is 11.8 Å². The predicted octanol–water partition coefficient (Wildman–Crippen LogP) is 2.41. The van der Waals surface area contributed by atoms with Crippen LogP contribution >= 0.6 is 11.6 Å². The van der Waals surface area contributed by atoms with Gasteiger partial charge in [-0.2, -0.15) is 0 Å². The summed E-state index contributed by atoms with van der Waals surface area (Å²) in [5.41, 5.74) is 1.25. The molecule has 0 aromatic heterocycles. The van der Waals surface area contributed by atoms with Gasteiger partial charge in [0.1, 0.15) is 0 Å². The summed E-state index contributed by atoms with van der Waals surface area (Å²) in [5, 5.41) is 0.795. The summed E-state index contributed by atoms with van der Waals surface area (Å²) in [6.45, 7) is 5.59. The highest BCUT2D eigenvalue weighted by molar-refractivity contribution is 6.30. The predicted molar refractivity (Wildman–Crippen MR) is 89.3 cm³/mol. The molecule has 1 amide bonds. The van der Waals surface area contributed by atoms with E-state index in [4.69, 9.17) is 16.3 Å². The van der Waals surface area contributed by atoms with Crippen molar-refractivity contribution in [3.63, 3.8) is 0 Å². The van der Waals surface area contributed by atoms with Crippen LogP contribution in [0.4, 0.5) is 0 Å². The summed E-state index contributed by atoms with van der Waals surface area (Å²) in [6, 6.07) is 8.08. The summed E-state index contributed by atoms with van der Waals surface area (Å²) in [6.07, 6.45) is 2.07. The van der Waals surface area contributed by atoms with Gasteiger partial charge in [-0.05, 0) is 24.1 Å². The van der Waals surface area contributed by atoms with Gasteiger partial charge >= 0.3 is 0 Å². The number of benzene rings is 1. The molecular weight excluding hydrogens is 312 g/mol. The lowest BCUT2D eigenvalue weighted by Gasteiger charge is -2.24. The van der Waals surface area contributed by atoms with Crippen molar-refractivity contribution in [3.05, 3.63) is 34.9 Å². The van der Waals surface area contributed by atoms with Crippen LogP contribution in [-0.4, -0.2) is 54.6 Å². The molecule has 4 rings (SSSR count). The van der Waals surface area contributed by atoms with Crippen molar-refractivity contribution in [1.82, 2.24) is 9.80 Å². The Bertz CT molecular complexity index is 594. The zero-order valence-corrected chi connectivity index (χ0v) is 14.0. The molecule has 0 spiro atoms. The van der Waals surface area contributed by atoms with Gasteiger partial charge in [0.2, 0.25) is 5.91 Å². The second-order valence-electron chi connectivity index (χ2n) is 7.06. The van der Waals surface area contributed by atoms with E-state index in [1.165, 1.54) is 5.56 Å². The quantitative estimate of drug-likeness (QED) is 0.847. The van der Waals surface area contributed by atoms with Crippen molar-refractivity contribution in [2.45, 2.75) is 25.5 Å². The molecule has 0 saturated carbocycles. The smallest absolute Gasteiger partial charge is 0.222 e. The van der Waals surface area contributed by atoms with Crippen LogP contribution in [0.3, 0.4) is 0 Å². The first kappa shape index (κ1) is 15.4. The lowest BCUT2D eigenvalue weighted by molar-refractivity contribution is -0.128. The van der Waals surface area contributed by atoms with E-state index in [-0.39, 0.29) is 0 Å². The first-order valence-corrected chi connectivity index (χ1v) is 8.93. The van der Waals surface area contributed by atoms with Crippen LogP contribution in [0.2, 0.25) is 5.02 Å². The molecule has 5 heteroatoms. The fraction of sp³-hybridized carbons (Fsp3) is 0.611. The number of fused-ring (bicyclic) bond motifs is 1. The first-order chi connectivity index (χ1) is 11.2. The van der Waals surface area contributed by atoms with Crippen molar-refractivity contribution in [2.75, 3.05) is 32.8 Å². The number of amides is 1. The number of likely N-dealkylation sites (tertiary alicyclic amines) is 2. The van der Waals surface area contributed by atoms with Gasteiger partial charge in [-0.25, -0.2) is 0 Å². The lowest BCUT2D eigenvalue weighted by atomic mass is 9.93. The molecule has 0 radical (unpaired) electrons. The van der Waals surface area contributed by atoms with Crippen molar-refractivity contribution in [1.29, 1.82) is 0 Å². The molecule has 3 saturated heterocycles. The number of carbonyl (C=O) groups excluding carboxylic acids is 1. The van der Waals surface area contributed by atoms with E-state index in [2.05, 4.69) is 11.0 Å². The molecule has 4 nitrogen and oxygen atoms in total. The third-order valence-electron chi connectivity index (χ3n) is 5.44. The van der Waals surface area contributed by atoms with Gasteiger partial charge in [0.15, 0.2) is 0 Å². The molecule has 0 unspecified atom stereocenters. The average Bonchev–Trinajstić information content (AvgIpc) is 3.18. The third kappa shape index (κ3) is 3.25. The maximum Gasteiger partial charge on any atom is 0.222 e. The highest BCUT2D eigenvalue weighted by atomic mass is 35.5. The molecule has 3 atom stereocenters. The van der Waals surface area contributed by atoms with E-state index in [1.54, 1.807) is 0 Å². The molecule has 124 valence electrons. The van der Waals surface area contributed by atoms with Crippen molar-refractivity contribution in [3.8, 4) is 0 Å². The van der Waals surface area contributed by atoms with Gasteiger partial charge in [0, 0.05) is 56.0 Å². The first-order valence-electron chi connectivity index (χ1n) is 8.55. The minimum atomic E-state index is 0.322. The van der Waals surface area contributed by atoms with E-state index in [0.717, 1.165) is 57.2 Å². The number of halogens is 1. The third-order valence-corrected chi connectivity index (χ3v) is 5.67. The van der Waals surface area contributed by atoms with Crippen molar-refractivity contribution in [2.24, 2.45) is 11.8 Å². The van der Waals surface area contributed by atoms with Crippen LogP contribution in [0.1, 0.15) is 18.4 Å². The van der Waals surface area contributed by atoms with Crippen molar-refractivity contribution < 1.29 is 9.53 Å². The van der Waals surface area contributed by atoms with Gasteiger partial charge in [-0.15, -0.1) is 0 Å². The Labute approximate surface area is 142 Å². The van der Waals surface area contributed by atoms with Crippen LogP contribution in [0.15, 0.2) is 24.3 Å². The molecule has 3 aliphatic heterocycles. The highest BCUT2D eigenvalue weighted by Crippen LogP contribution is 2.35. The number of hydrogen-bond acceptors (Lipinski definition) is 3. The van der Waals surface area contributed by atoms with E-state index in [9.17, 15) is 4.79 Å². The number of carbonyl (C=O) groups is 1. The summed E-state index contributed by atoms with van der Waals surface area (Å²) in [4.78, 5) is 16.3. The van der Waals surface area contributed by atoms with Gasteiger partial charge in [-0.1, -0.05) is 23.7 Å². The standard InChI is InChI=1S/C18H23ClN2O2/c19-15-4-1-3-13(7-15)8-20-10-16-14(12-23-17(16)11-20)9-21-6-2-5-18(21)22/h1,3-4,7,14,16-17H,2,5-6,8-12H2/t14-,16+,17+/m1/s1. The van der Waals surface area contributed by atoms with Gasteiger partial charge < -0.3 is 9.64 Å². The summed E-state index contributed by atoms with van der Waals surface area (Å²) >= 11 is 6.08. The molecule has 0 aliphatic carbocycles. The maximum absolute atomic E-state index is 11.9. The summed E-state index contributed by atoms with van der Waals surface area (Å²) in [5.74, 6) is 1.37. The molecular formula is C18H23ClN2O2. The summed E-state index contributed by atoms with van der Waals surface area (Å²) in [7, 11) is 0. The van der Waals surface area contributed by atoms with Gasteiger partial charge in [0.25, 0.3) is 0 Å². The molecule has 3 fully saturated rings. The summed E-state index contributed by atoms with van der Waals surface area (Å²) < 4.78 is 6.02. The van der Waals surface area contributed by atoms with Crippen LogP contribution < -0.4 is 0 Å². The van der Waals surface area contributed by atoms with Crippen LogP contribution in [0.5, 0.6) is 0 Å². The molecule has 1 aromatic carbocycles. The largest absolute Gasteiger partial charge is 0.376 e. The molecule has 0 N–H and O–H groups in total. The van der Waals surface area contributed by atoms with Gasteiger partial charge in [0.05, 0.1) is 12.7 Å². The molecule has 1 aromatic rings. The monoisotopic (exact) mass is 334 g/mol. The van der Waals surface area contributed by atoms with Crippen molar-refractivity contribution >= 4 is 17.5 Å². The van der Waals surface area contributed by atoms with Crippen LogP contribution in [0.25, 0.3) is 0 Å². The highest BCUT2D eigenvalue weighted by Gasteiger charge is 2.44. The molecule has 0 bridgehead atoms. The minimum Gasteiger partial charge on any atom is -0.376 e. The van der Waals surface area contributed by atoms with E-state index < -0.39 is 0 Å². The van der Waals surface area contributed by atoms with E-state index in [1.807, 2.05) is 23.1 Å². The Kier molecular flexibility index (Phi) is 4.31.